The molecule has 2 N–H and O–H groups in total. The van der Waals surface area contributed by atoms with Gasteiger partial charge in [-0.15, -0.1) is 0 Å². The monoisotopic (exact) mass is 483 g/mol. The lowest BCUT2D eigenvalue weighted by Gasteiger charge is -2.36. The number of hydrogen-bond acceptors (Lipinski definition) is 4. The summed E-state index contributed by atoms with van der Waals surface area (Å²) in [5.41, 5.74) is 4.57. The summed E-state index contributed by atoms with van der Waals surface area (Å²) in [6, 6.07) is 17.6. The molecule has 1 atom stereocenters. The largest absolute Gasteiger partial charge is 0.508 e. The molecule has 0 unspecified atom stereocenters. The van der Waals surface area contributed by atoms with Crippen LogP contribution in [-0.2, 0) is 20.0 Å². The maximum Gasteiger partial charge on any atom is 0.262 e. The van der Waals surface area contributed by atoms with E-state index < -0.39 is 0 Å². The van der Waals surface area contributed by atoms with Crippen LogP contribution in [0.3, 0.4) is 0 Å². The van der Waals surface area contributed by atoms with Gasteiger partial charge in [0.15, 0.2) is 0 Å². The van der Waals surface area contributed by atoms with Crippen molar-refractivity contribution in [2.24, 2.45) is 7.05 Å². The minimum Gasteiger partial charge on any atom is -0.508 e. The highest BCUT2D eigenvalue weighted by atomic mass is 16.3. The molecule has 0 spiro atoms. The van der Waals surface area contributed by atoms with Crippen LogP contribution in [0.1, 0.15) is 45.2 Å². The zero-order valence-corrected chi connectivity index (χ0v) is 20.6. The highest BCUT2D eigenvalue weighted by Gasteiger charge is 2.31. The van der Waals surface area contributed by atoms with Crippen LogP contribution in [0.2, 0.25) is 0 Å². The van der Waals surface area contributed by atoms with Gasteiger partial charge < -0.3 is 24.6 Å². The van der Waals surface area contributed by atoms with E-state index in [-0.39, 0.29) is 34.9 Å². The summed E-state index contributed by atoms with van der Waals surface area (Å²) in [6.07, 6.45) is 3.51. The molecule has 0 fully saturated rings. The van der Waals surface area contributed by atoms with Crippen LogP contribution in [0, 0.1) is 0 Å². The lowest BCUT2D eigenvalue weighted by atomic mass is 9.93. The molecule has 1 aromatic heterocycles. The number of benzene rings is 3. The molecule has 0 aliphatic carbocycles. The molecule has 2 amide bonds. The number of aromatic hydroxyl groups is 2. The molecule has 1 aliphatic heterocycles. The molecule has 184 valence electrons. The Morgan fingerprint density at radius 2 is 1.83 bits per heavy atom. The number of phenols is 2. The number of carbonyl (C=O) groups is 2. The van der Waals surface area contributed by atoms with Crippen LogP contribution < -0.4 is 4.90 Å². The molecule has 0 saturated heterocycles. The van der Waals surface area contributed by atoms with Crippen molar-refractivity contribution in [1.82, 2.24) is 9.47 Å². The number of fused-ring (bicyclic) bond motifs is 2. The summed E-state index contributed by atoms with van der Waals surface area (Å²) in [4.78, 5) is 30.0. The third kappa shape index (κ3) is 4.17. The van der Waals surface area contributed by atoms with Crippen LogP contribution in [0.15, 0.2) is 66.9 Å². The molecule has 7 heteroatoms. The van der Waals surface area contributed by atoms with Gasteiger partial charge in [0.25, 0.3) is 11.8 Å². The molecule has 1 aliphatic rings. The Bertz CT molecular complexity index is 1490. The van der Waals surface area contributed by atoms with Crippen molar-refractivity contribution in [3.05, 3.63) is 89.1 Å². The van der Waals surface area contributed by atoms with Crippen LogP contribution in [0.5, 0.6) is 11.5 Å². The fraction of sp³-hybridized carbons (Fsp3) is 0.241. The Morgan fingerprint density at radius 3 is 2.61 bits per heavy atom. The molecule has 0 saturated carbocycles. The summed E-state index contributed by atoms with van der Waals surface area (Å²) in [5, 5.41) is 21.0. The van der Waals surface area contributed by atoms with E-state index in [1.807, 2.05) is 38.4 Å². The lowest BCUT2D eigenvalue weighted by molar-refractivity contribution is 0.0785. The minimum absolute atomic E-state index is 0.0738. The molecule has 4 aromatic rings. The van der Waals surface area contributed by atoms with Crippen LogP contribution >= 0.6 is 0 Å². The van der Waals surface area contributed by atoms with E-state index in [0.29, 0.717) is 12.1 Å². The normalized spacial score (nSPS) is 15.1. The Morgan fingerprint density at radius 1 is 1.03 bits per heavy atom. The fourth-order valence-electron chi connectivity index (χ4n) is 5.02. The van der Waals surface area contributed by atoms with E-state index in [9.17, 15) is 19.8 Å². The van der Waals surface area contributed by atoms with Gasteiger partial charge in [-0.2, -0.15) is 0 Å². The molecule has 0 radical (unpaired) electrons. The summed E-state index contributed by atoms with van der Waals surface area (Å²) >= 11 is 0. The average molecular weight is 484 g/mol. The molecular formula is C29H29N3O4. The first-order valence-corrected chi connectivity index (χ1v) is 12.0. The molecule has 0 bridgehead atoms. The SMILES string of the molecule is C[C@H]1CCc2cc(C(=O)N(C)Cc3ccc4c(ccn4C)c3)ccc2N1C(=O)c1ccc(O)cc1O. The number of hydrogen-bond donors (Lipinski definition) is 2. The highest BCUT2D eigenvalue weighted by Crippen LogP contribution is 2.35. The third-order valence-corrected chi connectivity index (χ3v) is 7.00. The predicted molar refractivity (Wildman–Crippen MR) is 140 cm³/mol. The van der Waals surface area contributed by atoms with Crippen molar-refractivity contribution >= 4 is 28.4 Å². The van der Waals surface area contributed by atoms with Crippen LogP contribution in [-0.4, -0.2) is 44.6 Å². The number of anilines is 1. The minimum atomic E-state index is -0.339. The molecule has 3 aromatic carbocycles. The van der Waals surface area contributed by atoms with Crippen molar-refractivity contribution in [2.45, 2.75) is 32.4 Å². The molecular weight excluding hydrogens is 454 g/mol. The van der Waals surface area contributed by atoms with Gasteiger partial charge in [0.05, 0.1) is 5.56 Å². The van der Waals surface area contributed by atoms with Gasteiger partial charge in [-0.25, -0.2) is 0 Å². The predicted octanol–water partition coefficient (Wildman–Crippen LogP) is 4.84. The van der Waals surface area contributed by atoms with E-state index in [4.69, 9.17) is 0 Å². The summed E-state index contributed by atoms with van der Waals surface area (Å²) in [6.45, 7) is 2.46. The second kappa shape index (κ2) is 9.07. The van der Waals surface area contributed by atoms with E-state index in [1.54, 1.807) is 22.9 Å². The number of aryl methyl sites for hydroxylation is 2. The van der Waals surface area contributed by atoms with Crippen molar-refractivity contribution in [1.29, 1.82) is 0 Å². The number of nitrogens with zero attached hydrogens (tertiary/aromatic N) is 3. The first-order chi connectivity index (χ1) is 17.2. The van der Waals surface area contributed by atoms with Crippen molar-refractivity contribution < 1.29 is 19.8 Å². The molecule has 5 rings (SSSR count). The second-order valence-electron chi connectivity index (χ2n) is 9.59. The Balaban J connectivity index is 1.38. The van der Waals surface area contributed by atoms with E-state index in [2.05, 4.69) is 22.8 Å². The van der Waals surface area contributed by atoms with Gasteiger partial charge >= 0.3 is 0 Å². The Labute approximate surface area is 209 Å². The molecule has 7 nitrogen and oxygen atoms in total. The average Bonchev–Trinajstić information content (AvgIpc) is 3.22. The summed E-state index contributed by atoms with van der Waals surface area (Å²) in [7, 11) is 3.80. The first-order valence-electron chi connectivity index (χ1n) is 12.0. The van der Waals surface area contributed by atoms with Gasteiger partial charge in [-0.3, -0.25) is 9.59 Å². The summed E-state index contributed by atoms with van der Waals surface area (Å²) < 4.78 is 2.07. The smallest absolute Gasteiger partial charge is 0.262 e. The maximum absolute atomic E-state index is 13.3. The second-order valence-corrected chi connectivity index (χ2v) is 9.59. The number of amides is 2. The Kier molecular flexibility index (Phi) is 5.92. The van der Waals surface area contributed by atoms with E-state index in [1.165, 1.54) is 12.1 Å². The molecule has 36 heavy (non-hydrogen) atoms. The number of phenolic OH excluding ortho intramolecular Hbond substituents is 2. The zero-order valence-electron chi connectivity index (χ0n) is 20.6. The van der Waals surface area contributed by atoms with Gasteiger partial charge in [0.2, 0.25) is 0 Å². The first kappa shape index (κ1) is 23.5. The molecule has 2 heterocycles. The quantitative estimate of drug-likeness (QED) is 0.435. The van der Waals surface area contributed by atoms with Crippen molar-refractivity contribution in [2.75, 3.05) is 11.9 Å². The lowest BCUT2D eigenvalue weighted by Crippen LogP contribution is -2.42. The van der Waals surface area contributed by atoms with Gasteiger partial charge in [-0.05, 0) is 84.8 Å². The van der Waals surface area contributed by atoms with E-state index >= 15 is 0 Å². The summed E-state index contributed by atoms with van der Waals surface area (Å²) in [5.74, 6) is -0.791. The number of carbonyl (C=O) groups excluding carboxylic acids is 2. The number of rotatable bonds is 4. The number of aromatic nitrogens is 1. The van der Waals surface area contributed by atoms with Gasteiger partial charge in [0, 0.05) is 55.7 Å². The maximum atomic E-state index is 13.3. The Hall–Kier alpha value is -4.26. The third-order valence-electron chi connectivity index (χ3n) is 7.00. The van der Waals surface area contributed by atoms with Gasteiger partial charge in [0.1, 0.15) is 11.5 Å². The van der Waals surface area contributed by atoms with Crippen LogP contribution in [0.25, 0.3) is 10.9 Å². The van der Waals surface area contributed by atoms with Gasteiger partial charge in [-0.1, -0.05) is 6.07 Å². The fourth-order valence-corrected chi connectivity index (χ4v) is 5.02. The standard InChI is InChI=1S/C29H29N3O4/c1-18-4-6-20-15-22(7-11-26(20)32(18)29(36)24-9-8-23(33)16-27(24)34)28(35)31(3)17-19-5-10-25-21(14-19)12-13-30(25)2/h5,7-16,18,33-34H,4,6,17H2,1-3H3/t18-/m0/s1. The van der Waals surface area contributed by atoms with Crippen molar-refractivity contribution in [3.63, 3.8) is 0 Å². The topological polar surface area (TPSA) is 86.0 Å². The zero-order chi connectivity index (χ0) is 25.6. The highest BCUT2D eigenvalue weighted by molar-refractivity contribution is 6.09. The van der Waals surface area contributed by atoms with E-state index in [0.717, 1.165) is 46.6 Å². The van der Waals surface area contributed by atoms with Crippen LogP contribution in [0.4, 0.5) is 5.69 Å². The van der Waals surface area contributed by atoms with Crippen molar-refractivity contribution in [3.8, 4) is 11.5 Å².